The first-order valence-electron chi connectivity index (χ1n) is 10.6. The summed E-state index contributed by atoms with van der Waals surface area (Å²) in [5.74, 6) is 1.36. The van der Waals surface area contributed by atoms with Crippen LogP contribution in [0.2, 0.25) is 0 Å². The molecule has 2 rings (SSSR count). The molecule has 1 aliphatic rings. The van der Waals surface area contributed by atoms with Crippen LogP contribution in [-0.2, 0) is 4.74 Å². The van der Waals surface area contributed by atoms with Crippen molar-refractivity contribution in [1.29, 1.82) is 0 Å². The monoisotopic (exact) mass is 404 g/mol. The predicted octanol–water partition coefficient (Wildman–Crippen LogP) is 2.58. The summed E-state index contributed by atoms with van der Waals surface area (Å²) in [6.07, 6.45) is 6.05. The third kappa shape index (κ3) is 7.57. The van der Waals surface area contributed by atoms with Crippen molar-refractivity contribution in [1.82, 2.24) is 16.0 Å². The van der Waals surface area contributed by atoms with Gasteiger partial charge in [-0.05, 0) is 49.8 Å². The smallest absolute Gasteiger partial charge is 0.251 e. The lowest BCUT2D eigenvalue weighted by Crippen LogP contribution is -2.42. The van der Waals surface area contributed by atoms with Crippen molar-refractivity contribution in [3.8, 4) is 5.75 Å². The molecule has 1 aromatic carbocycles. The van der Waals surface area contributed by atoms with E-state index in [0.29, 0.717) is 24.4 Å². The minimum absolute atomic E-state index is 0.114. The van der Waals surface area contributed by atoms with Gasteiger partial charge in [-0.3, -0.25) is 9.79 Å². The summed E-state index contributed by atoms with van der Waals surface area (Å²) in [5.41, 5.74) is 0.852. The summed E-state index contributed by atoms with van der Waals surface area (Å²) in [4.78, 5) is 17.1. The van der Waals surface area contributed by atoms with E-state index in [4.69, 9.17) is 14.5 Å². The summed E-state index contributed by atoms with van der Waals surface area (Å²) < 4.78 is 10.5. The number of hydrogen-bond acceptors (Lipinski definition) is 4. The van der Waals surface area contributed by atoms with Gasteiger partial charge in [-0.1, -0.05) is 18.9 Å². The number of hydrogen-bond donors (Lipinski definition) is 3. The Bertz CT molecular complexity index is 657. The van der Waals surface area contributed by atoms with Gasteiger partial charge in [0, 0.05) is 45.5 Å². The maximum Gasteiger partial charge on any atom is 0.251 e. The molecule has 0 aromatic heterocycles. The van der Waals surface area contributed by atoms with Crippen LogP contribution >= 0.6 is 0 Å². The molecular weight excluding hydrogens is 368 g/mol. The number of methoxy groups -OCH3 is 2. The van der Waals surface area contributed by atoms with Crippen LogP contribution in [0.3, 0.4) is 0 Å². The molecular formula is C22H36N4O3. The number of guanidine groups is 1. The maximum atomic E-state index is 12.3. The van der Waals surface area contributed by atoms with Crippen molar-refractivity contribution >= 4 is 11.9 Å². The molecule has 3 N–H and O–H groups in total. The van der Waals surface area contributed by atoms with Crippen molar-refractivity contribution in [2.75, 3.05) is 47.0 Å². The van der Waals surface area contributed by atoms with Crippen LogP contribution in [0.4, 0.5) is 0 Å². The SMILES string of the molecule is CCNC(=NCC1(CCOC)CCCC1)NCCNC(=O)c1cccc(OC)c1. The van der Waals surface area contributed by atoms with E-state index in [1.54, 1.807) is 26.4 Å². The minimum Gasteiger partial charge on any atom is -0.497 e. The lowest BCUT2D eigenvalue weighted by atomic mass is 9.83. The zero-order chi connectivity index (χ0) is 21.0. The van der Waals surface area contributed by atoms with E-state index in [1.807, 2.05) is 12.1 Å². The molecule has 0 radical (unpaired) electrons. The van der Waals surface area contributed by atoms with Crippen molar-refractivity contribution in [2.45, 2.75) is 39.0 Å². The molecule has 0 aliphatic heterocycles. The van der Waals surface area contributed by atoms with Gasteiger partial charge in [0.25, 0.3) is 5.91 Å². The van der Waals surface area contributed by atoms with Gasteiger partial charge in [0.2, 0.25) is 0 Å². The number of carbonyl (C=O) groups is 1. The molecule has 1 saturated carbocycles. The van der Waals surface area contributed by atoms with Gasteiger partial charge >= 0.3 is 0 Å². The lowest BCUT2D eigenvalue weighted by Gasteiger charge is -2.27. The summed E-state index contributed by atoms with van der Waals surface area (Å²) in [5, 5.41) is 9.53. The second-order valence-corrected chi connectivity index (χ2v) is 7.56. The van der Waals surface area contributed by atoms with E-state index < -0.39 is 0 Å². The fourth-order valence-electron chi connectivity index (χ4n) is 3.74. The molecule has 0 atom stereocenters. The van der Waals surface area contributed by atoms with Crippen molar-refractivity contribution in [2.24, 2.45) is 10.4 Å². The molecule has 0 spiro atoms. The molecule has 7 nitrogen and oxygen atoms in total. The van der Waals surface area contributed by atoms with Crippen LogP contribution in [0.25, 0.3) is 0 Å². The Morgan fingerprint density at radius 3 is 2.59 bits per heavy atom. The number of nitrogens with zero attached hydrogens (tertiary/aromatic N) is 1. The zero-order valence-corrected chi connectivity index (χ0v) is 18.1. The number of aliphatic imine (C=N–C) groups is 1. The molecule has 0 unspecified atom stereocenters. The highest BCUT2D eigenvalue weighted by molar-refractivity contribution is 5.94. The zero-order valence-electron chi connectivity index (χ0n) is 18.1. The normalized spacial score (nSPS) is 15.8. The van der Waals surface area contributed by atoms with E-state index in [0.717, 1.165) is 32.1 Å². The molecule has 1 aromatic rings. The van der Waals surface area contributed by atoms with Crippen LogP contribution in [0, 0.1) is 5.41 Å². The number of amides is 1. The Morgan fingerprint density at radius 2 is 1.90 bits per heavy atom. The first-order chi connectivity index (χ1) is 14.1. The maximum absolute atomic E-state index is 12.3. The second kappa shape index (κ2) is 12.3. The standard InChI is InChI=1S/C22H36N4O3/c1-4-23-21(26-17-22(12-15-28-2)10-5-6-11-22)25-14-13-24-20(27)18-8-7-9-19(16-18)29-3/h7-9,16H,4-6,10-15,17H2,1-3H3,(H,24,27)(H2,23,25,26). The number of ether oxygens (including phenoxy) is 2. The van der Waals surface area contributed by atoms with E-state index in [9.17, 15) is 4.79 Å². The predicted molar refractivity (Wildman–Crippen MR) is 117 cm³/mol. The number of carbonyl (C=O) groups excluding carboxylic acids is 1. The number of nitrogens with one attached hydrogen (secondary N) is 3. The average molecular weight is 405 g/mol. The van der Waals surface area contributed by atoms with Crippen LogP contribution in [0.5, 0.6) is 5.75 Å². The van der Waals surface area contributed by atoms with Gasteiger partial charge < -0.3 is 25.4 Å². The third-order valence-corrected chi connectivity index (χ3v) is 5.45. The second-order valence-electron chi connectivity index (χ2n) is 7.56. The van der Waals surface area contributed by atoms with Gasteiger partial charge in [0.05, 0.1) is 7.11 Å². The first-order valence-corrected chi connectivity index (χ1v) is 10.6. The van der Waals surface area contributed by atoms with Crippen molar-refractivity contribution < 1.29 is 14.3 Å². The first kappa shape index (κ1) is 23.0. The Labute approximate surface area is 174 Å². The molecule has 0 heterocycles. The quantitative estimate of drug-likeness (QED) is 0.300. The molecule has 0 bridgehead atoms. The summed E-state index contributed by atoms with van der Waals surface area (Å²) in [6.45, 7) is 5.56. The molecule has 162 valence electrons. The Hall–Kier alpha value is -2.28. The molecule has 0 saturated heterocycles. The molecule has 29 heavy (non-hydrogen) atoms. The number of rotatable bonds is 11. The van der Waals surface area contributed by atoms with E-state index in [1.165, 1.54) is 25.7 Å². The highest BCUT2D eigenvalue weighted by Gasteiger charge is 2.33. The molecule has 1 fully saturated rings. The van der Waals surface area contributed by atoms with Crippen LogP contribution in [0.1, 0.15) is 49.4 Å². The van der Waals surface area contributed by atoms with Crippen molar-refractivity contribution in [3.05, 3.63) is 29.8 Å². The van der Waals surface area contributed by atoms with Gasteiger partial charge in [-0.25, -0.2) is 0 Å². The van der Waals surface area contributed by atoms with E-state index >= 15 is 0 Å². The van der Waals surface area contributed by atoms with Crippen molar-refractivity contribution in [3.63, 3.8) is 0 Å². The van der Waals surface area contributed by atoms with Gasteiger partial charge in [0.15, 0.2) is 5.96 Å². The Balaban J connectivity index is 1.82. The third-order valence-electron chi connectivity index (χ3n) is 5.45. The fourth-order valence-corrected chi connectivity index (χ4v) is 3.74. The fraction of sp³-hybridized carbons (Fsp3) is 0.636. The topological polar surface area (TPSA) is 84.0 Å². The van der Waals surface area contributed by atoms with Crippen LogP contribution in [-0.4, -0.2) is 58.9 Å². The summed E-state index contributed by atoms with van der Waals surface area (Å²) in [7, 11) is 3.35. The summed E-state index contributed by atoms with van der Waals surface area (Å²) in [6, 6.07) is 7.14. The largest absolute Gasteiger partial charge is 0.497 e. The molecule has 1 amide bonds. The molecule has 1 aliphatic carbocycles. The van der Waals surface area contributed by atoms with Gasteiger partial charge in [0.1, 0.15) is 5.75 Å². The van der Waals surface area contributed by atoms with Gasteiger partial charge in [-0.2, -0.15) is 0 Å². The Kier molecular flexibility index (Phi) is 9.77. The van der Waals surface area contributed by atoms with E-state index in [-0.39, 0.29) is 11.3 Å². The van der Waals surface area contributed by atoms with E-state index in [2.05, 4.69) is 22.9 Å². The molecule has 7 heteroatoms. The van der Waals surface area contributed by atoms with Crippen LogP contribution < -0.4 is 20.7 Å². The highest BCUT2D eigenvalue weighted by atomic mass is 16.5. The average Bonchev–Trinajstić information content (AvgIpc) is 3.22. The number of benzene rings is 1. The highest BCUT2D eigenvalue weighted by Crippen LogP contribution is 2.41. The Morgan fingerprint density at radius 1 is 1.14 bits per heavy atom. The summed E-state index contributed by atoms with van der Waals surface area (Å²) >= 11 is 0. The van der Waals surface area contributed by atoms with Gasteiger partial charge in [-0.15, -0.1) is 0 Å². The lowest BCUT2D eigenvalue weighted by molar-refractivity contribution is 0.0954. The van der Waals surface area contributed by atoms with Crippen LogP contribution in [0.15, 0.2) is 29.3 Å². The minimum atomic E-state index is -0.114.